The topological polar surface area (TPSA) is 70.7 Å². The molecule has 0 unspecified atom stereocenters. The van der Waals surface area contributed by atoms with E-state index in [0.717, 1.165) is 11.1 Å². The van der Waals surface area contributed by atoms with Crippen molar-refractivity contribution in [3.05, 3.63) is 47.2 Å². The molecular weight excluding hydrogens is 271 g/mol. The lowest BCUT2D eigenvalue weighted by Gasteiger charge is -2.12. The molecule has 0 aliphatic heterocycles. The molecule has 1 aromatic carbocycles. The van der Waals surface area contributed by atoms with Gasteiger partial charge in [-0.2, -0.15) is 0 Å². The first kappa shape index (κ1) is 13.2. The Morgan fingerprint density at radius 3 is 2.81 bits per heavy atom. The monoisotopic (exact) mass is 284 g/mol. The molecule has 0 aliphatic carbocycles. The summed E-state index contributed by atoms with van der Waals surface area (Å²) in [6.07, 6.45) is 3.68. The molecule has 2 heterocycles. The van der Waals surface area contributed by atoms with Crippen LogP contribution in [0.1, 0.15) is 21.5 Å². The van der Waals surface area contributed by atoms with E-state index in [1.807, 2.05) is 19.9 Å². The van der Waals surface area contributed by atoms with E-state index in [1.54, 1.807) is 12.3 Å². The maximum atomic E-state index is 14.5. The summed E-state index contributed by atoms with van der Waals surface area (Å²) in [7, 11) is 0. The molecule has 21 heavy (non-hydrogen) atoms. The molecule has 0 bridgehead atoms. The highest BCUT2D eigenvalue weighted by Gasteiger charge is 2.16. The van der Waals surface area contributed by atoms with Crippen molar-refractivity contribution < 1.29 is 9.18 Å². The van der Waals surface area contributed by atoms with Crippen LogP contribution in [0.25, 0.3) is 11.0 Å². The number of rotatable bonds is 3. The molecule has 0 radical (unpaired) electrons. The zero-order valence-electron chi connectivity index (χ0n) is 11.6. The summed E-state index contributed by atoms with van der Waals surface area (Å²) in [4.78, 5) is 22.2. The molecule has 0 spiro atoms. The Balaban J connectivity index is 2.14. The van der Waals surface area contributed by atoms with Crippen molar-refractivity contribution in [2.24, 2.45) is 0 Å². The Bertz CT molecular complexity index is 841. The van der Waals surface area contributed by atoms with Crippen LogP contribution in [0.5, 0.6) is 0 Å². The fourth-order valence-electron chi connectivity index (χ4n) is 2.25. The number of hydrogen-bond donors (Lipinski definition) is 2. The van der Waals surface area contributed by atoms with Gasteiger partial charge in [0.1, 0.15) is 11.3 Å². The number of nitrogens with zero attached hydrogens (tertiary/aromatic N) is 2. The number of hydrogen-bond acceptors (Lipinski definition) is 4. The van der Waals surface area contributed by atoms with Crippen LogP contribution in [0.2, 0.25) is 0 Å². The van der Waals surface area contributed by atoms with Crippen molar-refractivity contribution in [2.45, 2.75) is 13.8 Å². The van der Waals surface area contributed by atoms with Gasteiger partial charge in [-0.15, -0.1) is 0 Å². The van der Waals surface area contributed by atoms with E-state index in [1.165, 1.54) is 6.33 Å². The molecule has 0 atom stereocenters. The summed E-state index contributed by atoms with van der Waals surface area (Å²) >= 11 is 0. The summed E-state index contributed by atoms with van der Waals surface area (Å²) in [6, 6.07) is 3.49. The quantitative estimate of drug-likeness (QED) is 0.724. The average Bonchev–Trinajstić information content (AvgIpc) is 2.92. The van der Waals surface area contributed by atoms with Crippen LogP contribution in [0.15, 0.2) is 24.7 Å². The van der Waals surface area contributed by atoms with Gasteiger partial charge in [0.25, 0.3) is 0 Å². The van der Waals surface area contributed by atoms with Crippen LogP contribution in [0.3, 0.4) is 0 Å². The van der Waals surface area contributed by atoms with Gasteiger partial charge in [0.15, 0.2) is 12.1 Å². The van der Waals surface area contributed by atoms with E-state index >= 15 is 0 Å². The first-order valence-electron chi connectivity index (χ1n) is 6.41. The molecule has 0 saturated carbocycles. The van der Waals surface area contributed by atoms with Gasteiger partial charge in [-0.3, -0.25) is 4.79 Å². The van der Waals surface area contributed by atoms with Crippen LogP contribution < -0.4 is 5.32 Å². The molecule has 0 saturated heterocycles. The number of pyridine rings is 1. The number of benzene rings is 1. The lowest BCUT2D eigenvalue weighted by atomic mass is 10.1. The van der Waals surface area contributed by atoms with Crippen LogP contribution in [0, 0.1) is 19.7 Å². The predicted octanol–water partition coefficient (Wildman–Crippen LogP) is 3.27. The Labute approximate surface area is 120 Å². The maximum absolute atomic E-state index is 14.5. The van der Waals surface area contributed by atoms with Gasteiger partial charge in [-0.1, -0.05) is 6.07 Å². The minimum atomic E-state index is -0.572. The van der Waals surface area contributed by atoms with Gasteiger partial charge < -0.3 is 10.3 Å². The first-order chi connectivity index (χ1) is 10.1. The van der Waals surface area contributed by atoms with E-state index in [0.29, 0.717) is 17.6 Å². The summed E-state index contributed by atoms with van der Waals surface area (Å²) in [5.74, 6) is -0.0601. The molecule has 0 fully saturated rings. The number of imidazole rings is 1. The van der Waals surface area contributed by atoms with Crippen LogP contribution >= 0.6 is 0 Å². The normalized spacial score (nSPS) is 10.8. The number of aryl methyl sites for hydroxylation is 2. The number of carbonyl (C=O) groups excluding carboxylic acids is 1. The van der Waals surface area contributed by atoms with Gasteiger partial charge >= 0.3 is 0 Å². The van der Waals surface area contributed by atoms with Crippen molar-refractivity contribution in [2.75, 3.05) is 5.32 Å². The lowest BCUT2D eigenvalue weighted by molar-refractivity contribution is 0.112. The number of aromatic amines is 1. The second-order valence-electron chi connectivity index (χ2n) is 4.87. The number of nitrogens with one attached hydrogen (secondary N) is 2. The highest BCUT2D eigenvalue weighted by atomic mass is 19.1. The molecule has 3 rings (SSSR count). The van der Waals surface area contributed by atoms with E-state index < -0.39 is 5.82 Å². The number of anilines is 2. The smallest absolute Gasteiger partial charge is 0.175 e. The number of fused-ring (bicyclic) bond motifs is 1. The summed E-state index contributed by atoms with van der Waals surface area (Å²) in [5, 5.41) is 2.90. The third-order valence-corrected chi connectivity index (χ3v) is 3.27. The van der Waals surface area contributed by atoms with Crippen molar-refractivity contribution in [1.82, 2.24) is 15.0 Å². The first-order valence-corrected chi connectivity index (χ1v) is 6.41. The molecule has 2 N–H and O–H groups in total. The standard InChI is InChI=1S/C15H13FN4O/c1-8-3-9(2)15(17-5-8)20-13-10(6-21)4-11-14(12(13)16)19-7-18-11/h3-7H,1-2H3,(H,17,20)(H,18,19). The van der Waals surface area contributed by atoms with E-state index in [-0.39, 0.29) is 16.8 Å². The number of carbonyl (C=O) groups is 1. The number of aromatic nitrogens is 3. The van der Waals surface area contributed by atoms with Gasteiger partial charge in [0, 0.05) is 11.8 Å². The Hall–Kier alpha value is -2.76. The van der Waals surface area contributed by atoms with Crippen molar-refractivity contribution in [1.29, 1.82) is 0 Å². The largest absolute Gasteiger partial charge is 0.344 e. The Morgan fingerprint density at radius 2 is 2.10 bits per heavy atom. The third-order valence-electron chi connectivity index (χ3n) is 3.27. The maximum Gasteiger partial charge on any atom is 0.175 e. The van der Waals surface area contributed by atoms with E-state index in [2.05, 4.69) is 20.3 Å². The zero-order valence-corrected chi connectivity index (χ0v) is 11.6. The molecule has 106 valence electrons. The van der Waals surface area contributed by atoms with Crippen LogP contribution in [-0.2, 0) is 0 Å². The van der Waals surface area contributed by atoms with Crippen molar-refractivity contribution in [3.8, 4) is 0 Å². The summed E-state index contributed by atoms with van der Waals surface area (Å²) in [6.45, 7) is 3.80. The minimum absolute atomic E-state index is 0.0871. The molecule has 3 aromatic rings. The van der Waals surface area contributed by atoms with Gasteiger partial charge in [0.05, 0.1) is 17.5 Å². The highest BCUT2D eigenvalue weighted by molar-refractivity contribution is 5.94. The minimum Gasteiger partial charge on any atom is -0.344 e. The Kier molecular flexibility index (Phi) is 3.13. The fraction of sp³-hybridized carbons (Fsp3) is 0.133. The van der Waals surface area contributed by atoms with Crippen molar-refractivity contribution in [3.63, 3.8) is 0 Å². The second-order valence-corrected chi connectivity index (χ2v) is 4.87. The van der Waals surface area contributed by atoms with Gasteiger partial charge in [0.2, 0.25) is 0 Å². The van der Waals surface area contributed by atoms with Crippen LogP contribution in [0.4, 0.5) is 15.9 Å². The molecule has 0 amide bonds. The number of H-pyrrole nitrogens is 1. The SMILES string of the molecule is Cc1cnc(Nc2c(C=O)cc3[nH]cnc3c2F)c(C)c1. The summed E-state index contributed by atoms with van der Waals surface area (Å²) < 4.78 is 14.5. The lowest BCUT2D eigenvalue weighted by Crippen LogP contribution is -2.03. The molecule has 0 aliphatic rings. The van der Waals surface area contributed by atoms with Gasteiger partial charge in [-0.05, 0) is 31.0 Å². The predicted molar refractivity (Wildman–Crippen MR) is 78.4 cm³/mol. The highest BCUT2D eigenvalue weighted by Crippen LogP contribution is 2.29. The number of halogens is 1. The molecular formula is C15H13FN4O. The van der Waals surface area contributed by atoms with Crippen molar-refractivity contribution >= 4 is 28.8 Å². The molecule has 6 heteroatoms. The van der Waals surface area contributed by atoms with E-state index in [9.17, 15) is 9.18 Å². The summed E-state index contributed by atoms with van der Waals surface area (Å²) in [5.41, 5.74) is 2.85. The fourth-order valence-corrected chi connectivity index (χ4v) is 2.25. The molecule has 2 aromatic heterocycles. The average molecular weight is 284 g/mol. The van der Waals surface area contributed by atoms with Gasteiger partial charge in [-0.25, -0.2) is 14.4 Å². The third kappa shape index (κ3) is 2.24. The Morgan fingerprint density at radius 1 is 1.29 bits per heavy atom. The number of aldehydes is 1. The second kappa shape index (κ2) is 4.97. The van der Waals surface area contributed by atoms with Crippen LogP contribution in [-0.4, -0.2) is 21.2 Å². The molecule has 5 nitrogen and oxygen atoms in total. The zero-order chi connectivity index (χ0) is 15.0. The van der Waals surface area contributed by atoms with E-state index in [4.69, 9.17) is 0 Å².